The quantitative estimate of drug-likeness (QED) is 0.480. The highest BCUT2D eigenvalue weighted by atomic mass is 32.1. The zero-order chi connectivity index (χ0) is 8.15. The molecule has 0 aliphatic carbocycles. The molecule has 0 aromatic carbocycles. The van der Waals surface area contributed by atoms with E-state index < -0.39 is 0 Å². The van der Waals surface area contributed by atoms with Crippen LogP contribution in [0.4, 0.5) is 0 Å². The van der Waals surface area contributed by atoms with Crippen molar-refractivity contribution in [2.45, 2.75) is 12.2 Å². The Labute approximate surface area is 67.3 Å². The van der Waals surface area contributed by atoms with Crippen molar-refractivity contribution in [2.75, 3.05) is 13.6 Å². The van der Waals surface area contributed by atoms with Gasteiger partial charge in [-0.15, -0.1) is 0 Å². The Balaban J connectivity index is 3.72. The SMILES string of the molecule is C=CC(=O)N(C)CC(C)S. The van der Waals surface area contributed by atoms with Crippen molar-refractivity contribution in [3.8, 4) is 0 Å². The maximum atomic E-state index is 10.8. The van der Waals surface area contributed by atoms with Gasteiger partial charge < -0.3 is 4.90 Å². The van der Waals surface area contributed by atoms with Crippen LogP contribution in [0.15, 0.2) is 12.7 Å². The Hall–Kier alpha value is -0.440. The number of hydrogen-bond donors (Lipinski definition) is 1. The number of amides is 1. The molecule has 0 aliphatic rings. The first-order valence-corrected chi connectivity index (χ1v) is 3.65. The van der Waals surface area contributed by atoms with E-state index in [1.165, 1.54) is 6.08 Å². The average Bonchev–Trinajstić information content (AvgIpc) is 1.85. The lowest BCUT2D eigenvalue weighted by Crippen LogP contribution is -2.29. The maximum Gasteiger partial charge on any atom is 0.245 e. The Morgan fingerprint density at radius 1 is 1.90 bits per heavy atom. The fourth-order valence-electron chi connectivity index (χ4n) is 0.642. The van der Waals surface area contributed by atoms with E-state index in [1.54, 1.807) is 11.9 Å². The minimum atomic E-state index is -0.0547. The molecule has 0 saturated heterocycles. The molecule has 0 bridgehead atoms. The third-order valence-corrected chi connectivity index (χ3v) is 1.25. The van der Waals surface area contributed by atoms with Gasteiger partial charge in [0.05, 0.1) is 0 Å². The van der Waals surface area contributed by atoms with Gasteiger partial charge in [0, 0.05) is 18.8 Å². The van der Waals surface area contributed by atoms with Crippen LogP contribution in [0, 0.1) is 0 Å². The second-order valence-corrected chi connectivity index (χ2v) is 3.15. The summed E-state index contributed by atoms with van der Waals surface area (Å²) in [6.45, 7) is 5.97. The van der Waals surface area contributed by atoms with Crippen LogP contribution in [-0.4, -0.2) is 29.6 Å². The van der Waals surface area contributed by atoms with Crippen molar-refractivity contribution >= 4 is 18.5 Å². The van der Waals surface area contributed by atoms with E-state index in [0.717, 1.165) is 0 Å². The average molecular weight is 159 g/mol. The smallest absolute Gasteiger partial charge is 0.245 e. The second kappa shape index (κ2) is 4.39. The minimum absolute atomic E-state index is 0.0547. The van der Waals surface area contributed by atoms with E-state index in [1.807, 2.05) is 6.92 Å². The molecule has 1 atom stereocenters. The van der Waals surface area contributed by atoms with Crippen molar-refractivity contribution < 1.29 is 4.79 Å². The summed E-state index contributed by atoms with van der Waals surface area (Å²) >= 11 is 4.14. The predicted octanol–water partition coefficient (Wildman–Crippen LogP) is 0.949. The van der Waals surface area contributed by atoms with Gasteiger partial charge in [-0.2, -0.15) is 12.6 Å². The van der Waals surface area contributed by atoms with Gasteiger partial charge in [0.1, 0.15) is 0 Å². The van der Waals surface area contributed by atoms with Crippen LogP contribution in [0.25, 0.3) is 0 Å². The number of carbonyl (C=O) groups is 1. The molecule has 10 heavy (non-hydrogen) atoms. The van der Waals surface area contributed by atoms with Crippen LogP contribution in [0.3, 0.4) is 0 Å². The highest BCUT2D eigenvalue weighted by Gasteiger charge is 2.05. The zero-order valence-electron chi connectivity index (χ0n) is 6.37. The summed E-state index contributed by atoms with van der Waals surface area (Å²) in [5, 5.41) is 0.217. The van der Waals surface area contributed by atoms with Crippen LogP contribution in [0.1, 0.15) is 6.92 Å². The molecule has 0 radical (unpaired) electrons. The van der Waals surface area contributed by atoms with Gasteiger partial charge in [0.25, 0.3) is 0 Å². The number of carbonyl (C=O) groups excluding carboxylic acids is 1. The fraction of sp³-hybridized carbons (Fsp3) is 0.571. The van der Waals surface area contributed by atoms with E-state index >= 15 is 0 Å². The van der Waals surface area contributed by atoms with Crippen molar-refractivity contribution in [1.29, 1.82) is 0 Å². The lowest BCUT2D eigenvalue weighted by atomic mass is 10.4. The van der Waals surface area contributed by atoms with Crippen LogP contribution < -0.4 is 0 Å². The zero-order valence-corrected chi connectivity index (χ0v) is 7.27. The van der Waals surface area contributed by atoms with E-state index in [2.05, 4.69) is 19.2 Å². The van der Waals surface area contributed by atoms with Gasteiger partial charge >= 0.3 is 0 Å². The van der Waals surface area contributed by atoms with Crippen LogP contribution in [0.2, 0.25) is 0 Å². The van der Waals surface area contributed by atoms with Crippen molar-refractivity contribution in [2.24, 2.45) is 0 Å². The summed E-state index contributed by atoms with van der Waals surface area (Å²) in [4.78, 5) is 12.4. The van der Waals surface area contributed by atoms with E-state index in [4.69, 9.17) is 0 Å². The molecule has 0 N–H and O–H groups in total. The number of hydrogen-bond acceptors (Lipinski definition) is 2. The molecule has 0 rings (SSSR count). The van der Waals surface area contributed by atoms with E-state index in [9.17, 15) is 4.79 Å². The monoisotopic (exact) mass is 159 g/mol. The summed E-state index contributed by atoms with van der Waals surface area (Å²) in [6.07, 6.45) is 1.30. The number of thiol groups is 1. The Morgan fingerprint density at radius 3 is 2.70 bits per heavy atom. The molecule has 0 spiro atoms. The maximum absolute atomic E-state index is 10.8. The molecule has 58 valence electrons. The molecule has 0 fully saturated rings. The largest absolute Gasteiger partial charge is 0.341 e. The van der Waals surface area contributed by atoms with Gasteiger partial charge in [-0.05, 0) is 6.08 Å². The lowest BCUT2D eigenvalue weighted by molar-refractivity contribution is -0.124. The number of rotatable bonds is 3. The number of nitrogens with zero attached hydrogens (tertiary/aromatic N) is 1. The molecule has 0 saturated carbocycles. The van der Waals surface area contributed by atoms with Gasteiger partial charge in [-0.1, -0.05) is 13.5 Å². The molecule has 0 aromatic rings. The normalized spacial score (nSPS) is 12.3. The summed E-state index contributed by atoms with van der Waals surface area (Å²) in [5.41, 5.74) is 0. The fourth-order valence-corrected chi connectivity index (χ4v) is 0.887. The van der Waals surface area contributed by atoms with Crippen LogP contribution >= 0.6 is 12.6 Å². The molecule has 1 unspecified atom stereocenters. The summed E-state index contributed by atoms with van der Waals surface area (Å²) in [6, 6.07) is 0. The predicted molar refractivity (Wildman–Crippen MR) is 46.3 cm³/mol. The standard InChI is InChI=1S/C7H13NOS/c1-4-7(9)8(3)5-6(2)10/h4,6,10H,1,5H2,2-3H3. The first-order chi connectivity index (χ1) is 4.57. The highest BCUT2D eigenvalue weighted by Crippen LogP contribution is 1.95. The number of likely N-dealkylation sites (N-methyl/N-ethyl adjacent to an activating group) is 1. The van der Waals surface area contributed by atoms with Gasteiger partial charge in [0.15, 0.2) is 0 Å². The molecule has 2 nitrogen and oxygen atoms in total. The molecular weight excluding hydrogens is 146 g/mol. The van der Waals surface area contributed by atoms with E-state index in [0.29, 0.717) is 6.54 Å². The topological polar surface area (TPSA) is 20.3 Å². The molecule has 3 heteroatoms. The van der Waals surface area contributed by atoms with Crippen molar-refractivity contribution in [3.63, 3.8) is 0 Å². The first kappa shape index (κ1) is 9.56. The lowest BCUT2D eigenvalue weighted by Gasteiger charge is -2.16. The molecule has 0 aromatic heterocycles. The molecule has 1 amide bonds. The Morgan fingerprint density at radius 2 is 2.40 bits per heavy atom. The summed E-state index contributed by atoms with van der Waals surface area (Å²) < 4.78 is 0. The van der Waals surface area contributed by atoms with Gasteiger partial charge in [-0.3, -0.25) is 4.79 Å². The summed E-state index contributed by atoms with van der Waals surface area (Å²) in [7, 11) is 1.73. The second-order valence-electron chi connectivity index (χ2n) is 2.27. The first-order valence-electron chi connectivity index (χ1n) is 3.13. The summed E-state index contributed by atoms with van der Waals surface area (Å²) in [5.74, 6) is -0.0547. The molecule has 0 aliphatic heterocycles. The van der Waals surface area contributed by atoms with Crippen molar-refractivity contribution in [1.82, 2.24) is 4.90 Å². The molecule has 0 heterocycles. The van der Waals surface area contributed by atoms with Gasteiger partial charge in [0.2, 0.25) is 5.91 Å². The van der Waals surface area contributed by atoms with E-state index in [-0.39, 0.29) is 11.2 Å². The highest BCUT2D eigenvalue weighted by molar-refractivity contribution is 7.80. The van der Waals surface area contributed by atoms with Gasteiger partial charge in [-0.25, -0.2) is 0 Å². The van der Waals surface area contributed by atoms with Crippen molar-refractivity contribution in [3.05, 3.63) is 12.7 Å². The van der Waals surface area contributed by atoms with Crippen LogP contribution in [0.5, 0.6) is 0 Å². The third kappa shape index (κ3) is 3.56. The van der Waals surface area contributed by atoms with Crippen LogP contribution in [-0.2, 0) is 4.79 Å². The Kier molecular flexibility index (Phi) is 4.19. The Bertz CT molecular complexity index is 134. The minimum Gasteiger partial charge on any atom is -0.341 e. The molecular formula is C7H13NOS. The third-order valence-electron chi connectivity index (χ3n) is 1.09.